The van der Waals surface area contributed by atoms with Gasteiger partial charge < -0.3 is 55.4 Å². The number of ether oxygens (including phenoxy) is 5. The van der Waals surface area contributed by atoms with Gasteiger partial charge in [-0.15, -0.1) is 0 Å². The third-order valence-electron chi connectivity index (χ3n) is 27.8. The number of carbonyl (C=O) groups excluding carboxylic acids is 4. The Balaban J connectivity index is -0.000000637. The van der Waals surface area contributed by atoms with Crippen molar-refractivity contribution in [2.75, 3.05) is 48.1 Å². The molecule has 0 spiro atoms. The standard InChI is InChI=1S/C11H21NO2.2C11H20O2.C10H18O2.C10H20O2.C9H19N.C9H18O.C9H18.C8H17N.C7H16O.C6H12O2.C6H14/c1-8(2)9-4-6-10(7-5-9)12-11(13)14-3;2*1-8(2)9-4-6-10(7-5-9)11(12)13-3;1-7(2)8-3-5-9(6-4-8)10(11)12;1-8(2)6-7-9(11)12-10(3,4)5;2*1-7(2)8-3-5-9(10)6-4-8;1-8(2)9-6-4-3-5-7-9;1-7(2)8-4-3-5-9-6-8;1-7(2)5-4-6-8-3;1-5(2)3-4-6(7)8;1-5(2)6(3)4/h8-10H,4-7H2,1-3H3,(H,12,13);2*8-10H,4-7H2,1-3H3;7-9H,3-6H2,1-2H3,(H,11,12);8H,6-7H2,1-5H3;7-9H,3-6,10H2,1-2H3;7-10H,3-6H2,1-2H3;8-9H,3-7H2,1-2H3;7-9H,3-6H2,1-2H3;7H,4-6H2,1-3H3;5H,3-4H2,1-2H3,(H,7,8);5-6H,1-4H3/t;;;;;;;;8-;;;/m........0.../s1. The second kappa shape index (κ2) is 76.1. The van der Waals surface area contributed by atoms with E-state index in [2.05, 4.69) is 182 Å². The van der Waals surface area contributed by atoms with E-state index in [1.54, 1.807) is 7.11 Å². The van der Waals surface area contributed by atoms with Gasteiger partial charge in [-0.3, -0.25) is 24.0 Å². The van der Waals surface area contributed by atoms with Crippen molar-refractivity contribution in [3.05, 3.63) is 0 Å². The van der Waals surface area contributed by atoms with Crippen molar-refractivity contribution in [3.8, 4) is 0 Å². The number of carboxylic acid groups (broad SMARTS) is 2. The summed E-state index contributed by atoms with van der Waals surface area (Å²) in [7, 11) is 6.13. The SMILES string of the molecule is CC(C)C(C)C.CC(C)C1CCC(C(=O)O)CC1.CC(C)C1CCC(N)CC1.CC(C)C1CCC(O)CC1.CC(C)C1CCCCC1.CC(C)CCC(=O)O.CC(C)CCC(=O)OC(C)(C)C.CC(C)[C@H]1CCCNC1.COC(=O)C1CCC(C(C)C)CC1.COC(=O)C1CCC(C(C)C)CC1.COC(=O)NC1CCC(C(C)C)CC1.COCCCC(C)C. The van der Waals surface area contributed by atoms with Gasteiger partial charge in [-0.1, -0.05) is 212 Å². The molecule has 0 aromatic carbocycles. The van der Waals surface area contributed by atoms with E-state index in [-0.39, 0.29) is 53.5 Å². The zero-order valence-corrected chi connectivity index (χ0v) is 87.8. The Morgan fingerprint density at radius 1 is 0.379 bits per heavy atom. The normalized spacial score (nSPS) is 24.5. The van der Waals surface area contributed by atoms with Crippen LogP contribution in [0.3, 0.4) is 0 Å². The number of carboxylic acids is 2. The van der Waals surface area contributed by atoms with Gasteiger partial charge >= 0.3 is 35.9 Å². The van der Waals surface area contributed by atoms with Gasteiger partial charge in [0.05, 0.1) is 45.2 Å². The molecule has 0 aromatic heterocycles. The predicted molar refractivity (Wildman–Crippen MR) is 525 cm³/mol. The molecule has 7 saturated carbocycles. The van der Waals surface area contributed by atoms with E-state index in [0.29, 0.717) is 36.8 Å². The van der Waals surface area contributed by atoms with Crippen LogP contribution in [0.25, 0.3) is 0 Å². The summed E-state index contributed by atoms with van der Waals surface area (Å²) in [6, 6.07) is 0.840. The highest BCUT2D eigenvalue weighted by Gasteiger charge is 2.32. The Bertz CT molecular complexity index is 2390. The molecule has 0 bridgehead atoms. The average Bonchev–Trinajstić information content (AvgIpc) is 0.885. The second-order valence-corrected chi connectivity index (χ2v) is 44.0. The van der Waals surface area contributed by atoms with Crippen molar-refractivity contribution in [2.45, 2.75) is 462 Å². The van der Waals surface area contributed by atoms with Crippen LogP contribution in [0.1, 0.15) is 438 Å². The lowest BCUT2D eigenvalue weighted by Crippen LogP contribution is -2.38. The third kappa shape index (κ3) is 72.2. The van der Waals surface area contributed by atoms with Crippen LogP contribution in [-0.2, 0) is 47.7 Å². The fourth-order valence-electron chi connectivity index (χ4n) is 17.2. The summed E-state index contributed by atoms with van der Waals surface area (Å²) in [6.07, 6.45) is 42.3. The van der Waals surface area contributed by atoms with E-state index in [0.717, 1.165) is 209 Å². The molecule has 740 valence electrons. The van der Waals surface area contributed by atoms with E-state index >= 15 is 0 Å². The molecule has 8 aliphatic rings. The summed E-state index contributed by atoms with van der Waals surface area (Å²) in [4.78, 5) is 65.1. The summed E-state index contributed by atoms with van der Waals surface area (Å²) in [5.41, 5.74) is 5.46. The van der Waals surface area contributed by atoms with E-state index in [1.165, 1.54) is 169 Å². The summed E-state index contributed by atoms with van der Waals surface area (Å²) in [5.74, 6) is 16.1. The smallest absolute Gasteiger partial charge is 0.407 e. The van der Waals surface area contributed by atoms with Crippen molar-refractivity contribution in [1.29, 1.82) is 0 Å². The Morgan fingerprint density at radius 2 is 0.694 bits per heavy atom. The third-order valence-corrected chi connectivity index (χ3v) is 27.8. The van der Waals surface area contributed by atoms with Crippen LogP contribution in [0.15, 0.2) is 0 Å². The number of hydrogen-bond acceptors (Lipinski definition) is 14. The molecule has 1 heterocycles. The first kappa shape index (κ1) is 127. The molecule has 124 heavy (non-hydrogen) atoms. The van der Waals surface area contributed by atoms with Crippen molar-refractivity contribution in [2.24, 2.45) is 148 Å². The Morgan fingerprint density at radius 3 is 0.952 bits per heavy atom. The maximum Gasteiger partial charge on any atom is 0.407 e. The zero-order chi connectivity index (χ0) is 95.8. The number of carbonyl (C=O) groups is 6. The van der Waals surface area contributed by atoms with Crippen LogP contribution < -0.4 is 16.4 Å². The highest BCUT2D eigenvalue weighted by Crippen LogP contribution is 2.38. The minimum absolute atomic E-state index is 0.00926. The predicted octanol–water partition coefficient (Wildman–Crippen LogP) is 28.2. The van der Waals surface area contributed by atoms with Crippen molar-refractivity contribution in [3.63, 3.8) is 0 Å². The molecule has 8 rings (SSSR count). The van der Waals surface area contributed by atoms with Gasteiger partial charge in [-0.05, 0) is 351 Å². The number of aliphatic carboxylic acids is 2. The molecule has 1 aliphatic heterocycles. The number of methoxy groups -OCH3 is 4. The lowest BCUT2D eigenvalue weighted by molar-refractivity contribution is -0.155. The molecular formula is C107H213N3O14. The van der Waals surface area contributed by atoms with Crippen molar-refractivity contribution in [1.82, 2.24) is 10.6 Å². The zero-order valence-electron chi connectivity index (χ0n) is 87.8. The quantitative estimate of drug-likeness (QED) is 0.0316. The van der Waals surface area contributed by atoms with Gasteiger partial charge in [0.1, 0.15) is 5.60 Å². The first-order valence-electron chi connectivity index (χ1n) is 51.2. The number of aliphatic hydroxyl groups is 1. The monoisotopic (exact) mass is 1760 g/mol. The highest BCUT2D eigenvalue weighted by molar-refractivity contribution is 5.73. The first-order valence-corrected chi connectivity index (χ1v) is 51.2. The molecular weight excluding hydrogens is 1550 g/mol. The van der Waals surface area contributed by atoms with Gasteiger partial charge in [0, 0.05) is 38.6 Å². The number of alkyl carbamates (subject to hydrolysis) is 1. The lowest BCUT2D eigenvalue weighted by atomic mass is 9.77. The number of rotatable bonds is 23. The number of piperidine rings is 1. The molecule has 7 aliphatic carbocycles. The molecule has 0 unspecified atom stereocenters. The maximum atomic E-state index is 11.2. The van der Waals surface area contributed by atoms with Gasteiger partial charge in [0.25, 0.3) is 0 Å². The lowest BCUT2D eigenvalue weighted by Gasteiger charge is -2.30. The summed E-state index contributed by atoms with van der Waals surface area (Å²) in [6.45, 7) is 67.4. The van der Waals surface area contributed by atoms with E-state index in [9.17, 15) is 33.9 Å². The van der Waals surface area contributed by atoms with Gasteiger partial charge in [0.15, 0.2) is 0 Å². The van der Waals surface area contributed by atoms with Gasteiger partial charge in [0.2, 0.25) is 0 Å². The van der Waals surface area contributed by atoms with E-state index in [4.69, 9.17) is 34.9 Å². The highest BCUT2D eigenvalue weighted by atomic mass is 16.6. The first-order chi connectivity index (χ1) is 57.9. The van der Waals surface area contributed by atoms with Crippen molar-refractivity contribution >= 4 is 35.9 Å². The summed E-state index contributed by atoms with van der Waals surface area (Å²) >= 11 is 0. The number of aliphatic hydroxyl groups excluding tert-OH is 1. The maximum absolute atomic E-state index is 11.2. The van der Waals surface area contributed by atoms with Crippen LogP contribution in [-0.4, -0.2) is 123 Å². The largest absolute Gasteiger partial charge is 0.481 e. The van der Waals surface area contributed by atoms with Gasteiger partial charge in [-0.2, -0.15) is 0 Å². The molecule has 17 heteroatoms. The number of amides is 1. The molecule has 7 N–H and O–H groups in total. The Labute approximate surface area is 768 Å². The molecule has 1 atom stereocenters. The second-order valence-electron chi connectivity index (χ2n) is 44.0. The molecule has 1 amide bonds. The fraction of sp³-hybridized carbons (Fsp3) is 0.944. The minimum atomic E-state index is -0.696. The number of esters is 3. The number of nitrogens with one attached hydrogen (secondary N) is 2. The van der Waals surface area contributed by atoms with E-state index < -0.39 is 11.9 Å². The topological polar surface area (TPSA) is 259 Å². The fourth-order valence-corrected chi connectivity index (χ4v) is 17.2. The summed E-state index contributed by atoms with van der Waals surface area (Å²) < 4.78 is 24.1. The molecule has 1 saturated heterocycles. The molecule has 8 fully saturated rings. The van der Waals surface area contributed by atoms with Crippen LogP contribution in [0.2, 0.25) is 0 Å². The van der Waals surface area contributed by atoms with Crippen LogP contribution in [0.4, 0.5) is 4.79 Å². The van der Waals surface area contributed by atoms with Crippen LogP contribution >= 0.6 is 0 Å². The number of hydrogen-bond donors (Lipinski definition) is 6. The molecule has 17 nitrogen and oxygen atoms in total. The average molecular weight is 1770 g/mol. The van der Waals surface area contributed by atoms with E-state index in [1.807, 2.05) is 34.6 Å². The summed E-state index contributed by atoms with van der Waals surface area (Å²) in [5, 5.41) is 32.4. The van der Waals surface area contributed by atoms with Crippen LogP contribution in [0.5, 0.6) is 0 Å². The molecule has 0 aromatic rings. The Hall–Kier alpha value is -3.54. The molecule has 0 radical (unpaired) electrons. The number of nitrogens with two attached hydrogens (primary N) is 1. The Kier molecular flexibility index (Phi) is 77.7. The minimum Gasteiger partial charge on any atom is -0.481 e. The van der Waals surface area contributed by atoms with Crippen molar-refractivity contribution < 1.29 is 67.8 Å². The van der Waals surface area contributed by atoms with Gasteiger partial charge in [-0.25, -0.2) is 4.79 Å². The van der Waals surface area contributed by atoms with Crippen LogP contribution in [0, 0.1) is 142 Å².